The number of ether oxygens (including phenoxy) is 1. The lowest BCUT2D eigenvalue weighted by molar-refractivity contribution is 0.0995. The van der Waals surface area contributed by atoms with E-state index in [1.165, 1.54) is 17.6 Å². The van der Waals surface area contributed by atoms with Crippen LogP contribution in [0.5, 0.6) is 0 Å². The Bertz CT molecular complexity index is 944. The largest absolute Gasteiger partial charge is 0.459 e. The summed E-state index contributed by atoms with van der Waals surface area (Å²) < 4.78 is 10.4. The second kappa shape index (κ2) is 8.28. The second-order valence-corrected chi connectivity index (χ2v) is 7.28. The number of amides is 2. The molecule has 2 amide bonds. The molecule has 1 aliphatic rings. The Balaban J connectivity index is 1.36. The number of benzene rings is 1. The molecule has 28 heavy (non-hydrogen) atoms. The first-order valence-corrected chi connectivity index (χ1v) is 9.69. The zero-order valence-electron chi connectivity index (χ0n) is 15.0. The van der Waals surface area contributed by atoms with Crippen LogP contribution in [0.15, 0.2) is 59.2 Å². The molecule has 1 fully saturated rings. The van der Waals surface area contributed by atoms with Gasteiger partial charge in [0.1, 0.15) is 0 Å². The lowest BCUT2D eigenvalue weighted by atomic mass is 10.2. The van der Waals surface area contributed by atoms with Crippen molar-refractivity contribution in [2.45, 2.75) is 0 Å². The number of hydrogen-bond donors (Lipinski definition) is 2. The Morgan fingerprint density at radius 3 is 2.43 bits per heavy atom. The van der Waals surface area contributed by atoms with Crippen LogP contribution in [0.4, 0.5) is 16.4 Å². The molecule has 2 aromatic heterocycles. The van der Waals surface area contributed by atoms with Crippen LogP contribution in [0.3, 0.4) is 0 Å². The average Bonchev–Trinajstić information content (AvgIpc) is 3.41. The van der Waals surface area contributed by atoms with Gasteiger partial charge < -0.3 is 24.7 Å². The van der Waals surface area contributed by atoms with Crippen molar-refractivity contribution in [3.63, 3.8) is 0 Å². The van der Waals surface area contributed by atoms with Crippen LogP contribution >= 0.6 is 11.3 Å². The van der Waals surface area contributed by atoms with Gasteiger partial charge in [-0.25, -0.2) is 0 Å². The van der Waals surface area contributed by atoms with Gasteiger partial charge in [-0.1, -0.05) is 0 Å². The molecule has 0 unspecified atom stereocenters. The molecule has 0 saturated carbocycles. The van der Waals surface area contributed by atoms with Gasteiger partial charge in [0.15, 0.2) is 5.76 Å². The number of nitrogens with one attached hydrogen (secondary N) is 2. The third kappa shape index (κ3) is 4.24. The Morgan fingerprint density at radius 2 is 1.71 bits per heavy atom. The van der Waals surface area contributed by atoms with Crippen molar-refractivity contribution >= 4 is 39.5 Å². The number of hydrogen-bond acceptors (Lipinski definition) is 6. The monoisotopic (exact) mass is 397 g/mol. The third-order valence-electron chi connectivity index (χ3n) is 4.31. The first-order chi connectivity index (χ1) is 13.7. The van der Waals surface area contributed by atoms with Gasteiger partial charge in [-0.3, -0.25) is 9.59 Å². The van der Waals surface area contributed by atoms with E-state index >= 15 is 0 Å². The van der Waals surface area contributed by atoms with Gasteiger partial charge in [-0.15, -0.1) is 11.3 Å². The Hall–Kier alpha value is -3.10. The second-order valence-electron chi connectivity index (χ2n) is 6.20. The summed E-state index contributed by atoms with van der Waals surface area (Å²) in [5.74, 6) is -0.347. The van der Waals surface area contributed by atoms with E-state index < -0.39 is 0 Å². The standard InChI is InChI=1S/C20H19N3O4S/c24-19(16-2-1-11-27-16)22-18-8-7-17(28-18)20(25)21-14-3-5-15(6-4-14)23-9-12-26-13-10-23/h1-8,11H,9-10,12-13H2,(H,21,25)(H,22,24). The molecular weight excluding hydrogens is 378 g/mol. The van der Waals surface area contributed by atoms with Gasteiger partial charge in [0.05, 0.1) is 29.4 Å². The van der Waals surface area contributed by atoms with Crippen LogP contribution in [0.25, 0.3) is 0 Å². The lowest BCUT2D eigenvalue weighted by Crippen LogP contribution is -2.36. The van der Waals surface area contributed by atoms with E-state index in [4.69, 9.17) is 9.15 Å². The molecule has 0 atom stereocenters. The SMILES string of the molecule is O=C(Nc1ccc(C(=O)Nc2ccc(N3CCOCC3)cc2)s1)c1ccco1. The number of thiophene rings is 1. The highest BCUT2D eigenvalue weighted by molar-refractivity contribution is 7.18. The quantitative estimate of drug-likeness (QED) is 0.686. The molecule has 2 N–H and O–H groups in total. The summed E-state index contributed by atoms with van der Waals surface area (Å²) in [6.45, 7) is 3.20. The Morgan fingerprint density at radius 1 is 0.929 bits per heavy atom. The van der Waals surface area contributed by atoms with E-state index in [1.54, 1.807) is 24.3 Å². The number of nitrogens with zero attached hydrogens (tertiary/aromatic N) is 1. The van der Waals surface area contributed by atoms with E-state index in [-0.39, 0.29) is 17.6 Å². The minimum absolute atomic E-state index is 0.220. The zero-order valence-corrected chi connectivity index (χ0v) is 15.8. The lowest BCUT2D eigenvalue weighted by Gasteiger charge is -2.28. The molecule has 3 heterocycles. The van der Waals surface area contributed by atoms with Crippen molar-refractivity contribution in [3.8, 4) is 0 Å². The summed E-state index contributed by atoms with van der Waals surface area (Å²) in [6.07, 6.45) is 1.44. The van der Waals surface area contributed by atoms with Crippen molar-refractivity contribution in [1.29, 1.82) is 0 Å². The van der Waals surface area contributed by atoms with Gasteiger partial charge in [0, 0.05) is 24.5 Å². The average molecular weight is 397 g/mol. The smallest absolute Gasteiger partial charge is 0.291 e. The number of anilines is 3. The first kappa shape index (κ1) is 18.3. The van der Waals surface area contributed by atoms with Crippen LogP contribution in [0.1, 0.15) is 20.2 Å². The molecule has 0 spiro atoms. The Kier molecular flexibility index (Phi) is 5.41. The number of carbonyl (C=O) groups is 2. The normalized spacial score (nSPS) is 13.9. The van der Waals surface area contributed by atoms with E-state index in [0.717, 1.165) is 37.7 Å². The van der Waals surface area contributed by atoms with Crippen molar-refractivity contribution in [2.24, 2.45) is 0 Å². The molecule has 144 valence electrons. The van der Waals surface area contributed by atoms with Crippen molar-refractivity contribution in [2.75, 3.05) is 41.8 Å². The van der Waals surface area contributed by atoms with Gasteiger partial charge in [-0.2, -0.15) is 0 Å². The topological polar surface area (TPSA) is 83.8 Å². The van der Waals surface area contributed by atoms with Crippen LogP contribution in [-0.2, 0) is 4.74 Å². The van der Waals surface area contributed by atoms with E-state index in [1.807, 2.05) is 24.3 Å². The fourth-order valence-electron chi connectivity index (χ4n) is 2.88. The molecule has 8 heteroatoms. The highest BCUT2D eigenvalue weighted by atomic mass is 32.1. The van der Waals surface area contributed by atoms with E-state index in [2.05, 4.69) is 15.5 Å². The summed E-state index contributed by atoms with van der Waals surface area (Å²) in [5.41, 5.74) is 1.83. The summed E-state index contributed by atoms with van der Waals surface area (Å²) in [6, 6.07) is 14.4. The summed E-state index contributed by atoms with van der Waals surface area (Å²) in [7, 11) is 0. The predicted molar refractivity (Wildman–Crippen MR) is 108 cm³/mol. The number of carbonyl (C=O) groups excluding carboxylic acids is 2. The predicted octanol–water partition coefficient (Wildman–Crippen LogP) is 3.68. The molecule has 1 aromatic carbocycles. The maximum absolute atomic E-state index is 12.5. The molecule has 0 aliphatic carbocycles. The molecule has 0 bridgehead atoms. The van der Waals surface area contributed by atoms with Crippen molar-refractivity contribution in [3.05, 3.63) is 65.4 Å². The summed E-state index contributed by atoms with van der Waals surface area (Å²) in [5, 5.41) is 6.17. The van der Waals surface area contributed by atoms with Gasteiger partial charge in [0.2, 0.25) is 0 Å². The molecule has 0 radical (unpaired) electrons. The molecule has 1 aliphatic heterocycles. The summed E-state index contributed by atoms with van der Waals surface area (Å²) in [4.78, 5) is 27.2. The van der Waals surface area contributed by atoms with Crippen molar-refractivity contribution in [1.82, 2.24) is 0 Å². The zero-order chi connectivity index (χ0) is 19.3. The van der Waals surface area contributed by atoms with E-state index in [9.17, 15) is 9.59 Å². The van der Waals surface area contributed by atoms with Gasteiger partial charge in [0.25, 0.3) is 11.8 Å². The van der Waals surface area contributed by atoms with Crippen LogP contribution in [0.2, 0.25) is 0 Å². The highest BCUT2D eigenvalue weighted by Gasteiger charge is 2.14. The third-order valence-corrected chi connectivity index (χ3v) is 5.31. The summed E-state index contributed by atoms with van der Waals surface area (Å²) >= 11 is 1.20. The molecular formula is C20H19N3O4S. The fraction of sp³-hybridized carbons (Fsp3) is 0.200. The molecule has 3 aromatic rings. The van der Waals surface area contributed by atoms with Crippen LogP contribution in [-0.4, -0.2) is 38.1 Å². The van der Waals surface area contributed by atoms with Gasteiger partial charge in [-0.05, 0) is 48.5 Å². The van der Waals surface area contributed by atoms with Crippen molar-refractivity contribution < 1.29 is 18.7 Å². The van der Waals surface area contributed by atoms with Crippen LogP contribution in [0, 0.1) is 0 Å². The maximum atomic E-state index is 12.5. The minimum Gasteiger partial charge on any atom is -0.459 e. The number of rotatable bonds is 5. The maximum Gasteiger partial charge on any atom is 0.291 e. The highest BCUT2D eigenvalue weighted by Crippen LogP contribution is 2.24. The molecule has 7 nitrogen and oxygen atoms in total. The Labute approximate surface area is 165 Å². The fourth-order valence-corrected chi connectivity index (χ4v) is 3.67. The van der Waals surface area contributed by atoms with Crippen LogP contribution < -0.4 is 15.5 Å². The minimum atomic E-state index is -0.350. The molecule has 4 rings (SSSR count). The number of morpholine rings is 1. The molecule has 1 saturated heterocycles. The van der Waals surface area contributed by atoms with Gasteiger partial charge >= 0.3 is 0 Å². The number of furan rings is 1. The van der Waals surface area contributed by atoms with E-state index in [0.29, 0.717) is 9.88 Å². The first-order valence-electron chi connectivity index (χ1n) is 8.88.